The molecule has 1 amide bonds. The van der Waals surface area contributed by atoms with Gasteiger partial charge in [0.25, 0.3) is 5.91 Å². The Bertz CT molecular complexity index is 1340. The number of benzene rings is 2. The van der Waals surface area contributed by atoms with E-state index in [1.54, 1.807) is 18.2 Å². The van der Waals surface area contributed by atoms with Crippen LogP contribution >= 0.6 is 11.3 Å². The van der Waals surface area contributed by atoms with E-state index in [-0.39, 0.29) is 5.91 Å². The molecule has 6 nitrogen and oxygen atoms in total. The molecule has 0 spiro atoms. The molecule has 0 aliphatic rings. The summed E-state index contributed by atoms with van der Waals surface area (Å²) < 4.78 is 8.90. The van der Waals surface area contributed by atoms with E-state index in [2.05, 4.69) is 15.3 Å². The molecule has 0 atom stereocenters. The molecule has 0 saturated heterocycles. The number of carbonyl (C=O) groups excluding carboxylic acids is 1. The number of rotatable bonds is 5. The van der Waals surface area contributed by atoms with Gasteiger partial charge in [-0.3, -0.25) is 10.1 Å². The van der Waals surface area contributed by atoms with Crippen molar-refractivity contribution in [2.24, 2.45) is 0 Å². The lowest BCUT2D eigenvalue weighted by Crippen LogP contribution is -2.11. The summed E-state index contributed by atoms with van der Waals surface area (Å²) in [4.78, 5) is 21.7. The molecule has 148 valence electrons. The van der Waals surface area contributed by atoms with Crippen LogP contribution in [0.1, 0.15) is 21.6 Å². The number of nitrogens with zero attached hydrogens (tertiary/aromatic N) is 3. The van der Waals surface area contributed by atoms with E-state index < -0.39 is 0 Å². The minimum absolute atomic E-state index is 0.220. The first-order valence-corrected chi connectivity index (χ1v) is 10.3. The highest BCUT2D eigenvalue weighted by molar-refractivity contribution is 7.22. The Morgan fingerprint density at radius 2 is 2.00 bits per heavy atom. The third kappa shape index (κ3) is 3.62. The number of carbonyl (C=O) groups is 1. The molecule has 3 heterocycles. The van der Waals surface area contributed by atoms with Crippen molar-refractivity contribution in [3.63, 3.8) is 0 Å². The number of hydrogen-bond donors (Lipinski definition) is 1. The zero-order chi connectivity index (χ0) is 20.5. The largest absolute Gasteiger partial charge is 0.487 e. The summed E-state index contributed by atoms with van der Waals surface area (Å²) in [5.41, 5.74) is 4.24. The Morgan fingerprint density at radius 1 is 1.10 bits per heavy atom. The van der Waals surface area contributed by atoms with Gasteiger partial charge in [0.05, 0.1) is 15.9 Å². The fourth-order valence-corrected chi connectivity index (χ4v) is 4.11. The number of anilines is 1. The zero-order valence-electron chi connectivity index (χ0n) is 16.2. The predicted octanol–water partition coefficient (Wildman–Crippen LogP) is 5.08. The second-order valence-electron chi connectivity index (χ2n) is 6.91. The summed E-state index contributed by atoms with van der Waals surface area (Å²) in [6.45, 7) is 2.35. The molecule has 1 N–H and O–H groups in total. The Morgan fingerprint density at radius 3 is 2.87 bits per heavy atom. The molecule has 0 bridgehead atoms. The molecule has 0 saturated carbocycles. The highest BCUT2D eigenvalue weighted by Crippen LogP contribution is 2.26. The van der Waals surface area contributed by atoms with E-state index in [0.29, 0.717) is 23.1 Å². The van der Waals surface area contributed by atoms with Crippen molar-refractivity contribution in [2.75, 3.05) is 5.32 Å². The van der Waals surface area contributed by atoms with E-state index in [0.717, 1.165) is 27.1 Å². The first-order chi connectivity index (χ1) is 14.7. The van der Waals surface area contributed by atoms with Gasteiger partial charge in [0.15, 0.2) is 5.13 Å². The molecule has 5 rings (SSSR count). The molecule has 7 heteroatoms. The summed E-state index contributed by atoms with van der Waals surface area (Å²) in [6.07, 6.45) is 3.91. The van der Waals surface area contributed by atoms with Crippen LogP contribution in [0.3, 0.4) is 0 Å². The molecule has 0 unspecified atom stereocenters. The van der Waals surface area contributed by atoms with Crippen LogP contribution in [-0.2, 0) is 6.61 Å². The van der Waals surface area contributed by atoms with Gasteiger partial charge in [-0.05, 0) is 48.9 Å². The lowest BCUT2D eigenvalue weighted by atomic mass is 10.2. The highest BCUT2D eigenvalue weighted by Gasteiger charge is 2.11. The van der Waals surface area contributed by atoms with Gasteiger partial charge < -0.3 is 9.14 Å². The Balaban J connectivity index is 1.29. The number of ether oxygens (including phenoxy) is 1. The van der Waals surface area contributed by atoms with E-state index in [1.165, 1.54) is 11.3 Å². The molecule has 0 radical (unpaired) electrons. The van der Waals surface area contributed by atoms with Crippen LogP contribution in [0, 0.1) is 6.92 Å². The number of para-hydroxylation sites is 1. The van der Waals surface area contributed by atoms with Crippen molar-refractivity contribution in [3.8, 4) is 5.75 Å². The average molecular weight is 414 g/mol. The lowest BCUT2D eigenvalue weighted by molar-refractivity contribution is 0.102. The number of thiazole rings is 1. The van der Waals surface area contributed by atoms with Crippen LogP contribution in [0.15, 0.2) is 73.1 Å². The van der Waals surface area contributed by atoms with Gasteiger partial charge in [0, 0.05) is 18.0 Å². The van der Waals surface area contributed by atoms with Crippen molar-refractivity contribution in [3.05, 3.63) is 89.9 Å². The second kappa shape index (κ2) is 7.61. The minimum atomic E-state index is -0.220. The number of hydrogen-bond acceptors (Lipinski definition) is 5. The first kappa shape index (κ1) is 18.3. The number of fused-ring (bicyclic) bond motifs is 2. The minimum Gasteiger partial charge on any atom is -0.487 e. The van der Waals surface area contributed by atoms with Crippen molar-refractivity contribution in [1.82, 2.24) is 14.4 Å². The number of aryl methyl sites for hydroxylation is 1. The van der Waals surface area contributed by atoms with Crippen LogP contribution in [0.4, 0.5) is 5.13 Å². The maximum absolute atomic E-state index is 12.7. The average Bonchev–Trinajstić information content (AvgIpc) is 3.36. The summed E-state index contributed by atoms with van der Waals surface area (Å²) in [5.74, 6) is 0.392. The molecule has 5 aromatic rings. The monoisotopic (exact) mass is 414 g/mol. The van der Waals surface area contributed by atoms with Gasteiger partial charge in [-0.25, -0.2) is 9.97 Å². The quantitative estimate of drug-likeness (QED) is 0.435. The third-order valence-corrected chi connectivity index (χ3v) is 5.68. The summed E-state index contributed by atoms with van der Waals surface area (Å²) in [7, 11) is 0. The van der Waals surface area contributed by atoms with Gasteiger partial charge >= 0.3 is 0 Å². The fraction of sp³-hybridized carbons (Fsp3) is 0.0870. The molecule has 30 heavy (non-hydrogen) atoms. The van der Waals surface area contributed by atoms with E-state index in [1.807, 2.05) is 66.2 Å². The van der Waals surface area contributed by atoms with Crippen LogP contribution in [0.2, 0.25) is 0 Å². The summed E-state index contributed by atoms with van der Waals surface area (Å²) in [5, 5.41) is 3.45. The van der Waals surface area contributed by atoms with Crippen LogP contribution < -0.4 is 10.1 Å². The van der Waals surface area contributed by atoms with Gasteiger partial charge in [0.2, 0.25) is 0 Å². The maximum Gasteiger partial charge on any atom is 0.257 e. The van der Waals surface area contributed by atoms with E-state index >= 15 is 0 Å². The number of imidazole rings is 1. The number of aromatic nitrogens is 3. The first-order valence-electron chi connectivity index (χ1n) is 9.49. The number of amides is 1. The third-order valence-electron chi connectivity index (χ3n) is 4.73. The van der Waals surface area contributed by atoms with Crippen molar-refractivity contribution >= 4 is 38.2 Å². The van der Waals surface area contributed by atoms with E-state index in [9.17, 15) is 4.79 Å². The molecule has 0 fully saturated rings. The second-order valence-corrected chi connectivity index (χ2v) is 7.94. The molecular weight excluding hydrogens is 396 g/mol. The SMILES string of the molecule is Cc1cccn2cc(COc3cccc(C(=O)Nc4nc5ccccc5s4)c3)nc12. The maximum atomic E-state index is 12.7. The Hall–Kier alpha value is -3.71. The topological polar surface area (TPSA) is 68.5 Å². The smallest absolute Gasteiger partial charge is 0.257 e. The molecule has 0 aliphatic heterocycles. The number of pyridine rings is 1. The highest BCUT2D eigenvalue weighted by atomic mass is 32.1. The number of nitrogens with one attached hydrogen (secondary N) is 1. The van der Waals surface area contributed by atoms with Crippen molar-refractivity contribution < 1.29 is 9.53 Å². The van der Waals surface area contributed by atoms with Crippen molar-refractivity contribution in [1.29, 1.82) is 0 Å². The van der Waals surface area contributed by atoms with Gasteiger partial charge in [-0.2, -0.15) is 0 Å². The molecule has 2 aromatic carbocycles. The normalized spacial score (nSPS) is 11.1. The Kier molecular flexibility index (Phi) is 4.65. The molecule has 3 aromatic heterocycles. The predicted molar refractivity (Wildman–Crippen MR) is 118 cm³/mol. The fourth-order valence-electron chi connectivity index (χ4n) is 3.25. The summed E-state index contributed by atoms with van der Waals surface area (Å²) in [6, 6.07) is 18.9. The van der Waals surface area contributed by atoms with Gasteiger partial charge in [-0.1, -0.05) is 35.6 Å². The van der Waals surface area contributed by atoms with Crippen molar-refractivity contribution in [2.45, 2.75) is 13.5 Å². The zero-order valence-corrected chi connectivity index (χ0v) is 17.0. The molecular formula is C23H18N4O2S. The molecule has 0 aliphatic carbocycles. The van der Waals surface area contributed by atoms with Crippen LogP contribution in [0.5, 0.6) is 5.75 Å². The van der Waals surface area contributed by atoms with Gasteiger partial charge in [-0.15, -0.1) is 0 Å². The lowest BCUT2D eigenvalue weighted by Gasteiger charge is -2.06. The standard InChI is InChI=1S/C23H18N4O2S/c1-15-6-5-11-27-13-17(24-21(15)27)14-29-18-8-4-7-16(12-18)22(28)26-23-25-19-9-2-3-10-20(19)30-23/h2-13H,14H2,1H3,(H,25,26,28). The summed E-state index contributed by atoms with van der Waals surface area (Å²) >= 11 is 1.45. The van der Waals surface area contributed by atoms with Gasteiger partial charge in [0.1, 0.15) is 18.0 Å². The Labute approximate surface area is 176 Å². The van der Waals surface area contributed by atoms with Crippen LogP contribution in [-0.4, -0.2) is 20.3 Å². The van der Waals surface area contributed by atoms with E-state index in [4.69, 9.17) is 4.74 Å². The van der Waals surface area contributed by atoms with Crippen LogP contribution in [0.25, 0.3) is 15.9 Å².